The van der Waals surface area contributed by atoms with Gasteiger partial charge in [-0.3, -0.25) is 9.59 Å². The lowest BCUT2D eigenvalue weighted by atomic mass is 9.85. The molecule has 2 N–H and O–H groups in total. The van der Waals surface area contributed by atoms with Gasteiger partial charge >= 0.3 is 11.9 Å². The molecule has 43 heavy (non-hydrogen) atoms. The summed E-state index contributed by atoms with van der Waals surface area (Å²) in [5, 5.41) is 6.83. The zero-order valence-corrected chi connectivity index (χ0v) is 26.3. The molecule has 2 aromatic rings. The molecule has 0 fully saturated rings. The van der Waals surface area contributed by atoms with Crippen LogP contribution in [-0.4, -0.2) is 62.4 Å². The summed E-state index contributed by atoms with van der Waals surface area (Å²) in [7, 11) is -2.64. The van der Waals surface area contributed by atoms with E-state index in [1.807, 2.05) is 44.2 Å². The van der Waals surface area contributed by atoms with Gasteiger partial charge in [0.25, 0.3) is 5.91 Å². The van der Waals surface area contributed by atoms with E-state index in [2.05, 4.69) is 15.2 Å². The molecule has 1 heterocycles. The second kappa shape index (κ2) is 14.1. The molecule has 0 saturated heterocycles. The van der Waals surface area contributed by atoms with Gasteiger partial charge in [0.15, 0.2) is 0 Å². The summed E-state index contributed by atoms with van der Waals surface area (Å²) in [6.07, 6.45) is -0.460. The van der Waals surface area contributed by atoms with Crippen LogP contribution in [0.4, 0.5) is 0 Å². The van der Waals surface area contributed by atoms with Crippen molar-refractivity contribution in [2.75, 3.05) is 7.11 Å². The van der Waals surface area contributed by atoms with Gasteiger partial charge in [-0.1, -0.05) is 79.7 Å². The van der Waals surface area contributed by atoms with Gasteiger partial charge in [0, 0.05) is 12.8 Å². The van der Waals surface area contributed by atoms with E-state index < -0.39 is 57.6 Å². The van der Waals surface area contributed by atoms with Gasteiger partial charge in [0.1, 0.15) is 11.6 Å². The number of benzene rings is 2. The molecule has 0 saturated carbocycles. The average Bonchev–Trinajstić information content (AvgIpc) is 3.35. The minimum Gasteiger partial charge on any atom is -0.467 e. The maximum atomic E-state index is 13.9. The fourth-order valence-electron chi connectivity index (χ4n) is 4.69. The SMILES string of the molecule is COC(=O)[C@H](CC(=O)OC(C)(C)C)NC(=O)C1(Cc2ccccc2)CC([C@@H](NS(=O)(=O)Cc2ccccc2)C(C)C)=NO1. The summed E-state index contributed by atoms with van der Waals surface area (Å²) in [6, 6.07) is 15.8. The third kappa shape index (κ3) is 9.89. The topological polar surface area (TPSA) is 149 Å². The van der Waals surface area contributed by atoms with E-state index in [0.717, 1.165) is 12.7 Å². The third-order valence-corrected chi connectivity index (χ3v) is 7.99. The molecule has 0 bridgehead atoms. The standard InChI is InChI=1S/C31H41N3O8S/c1-21(2)27(34-43(38,39)20-23-15-11-8-12-16-23)25-19-31(42-33-25,18-22-13-9-7-10-14-22)29(37)32-24(28(36)40-6)17-26(35)41-30(3,4)5/h7-16,21,24,27,34H,17-20H2,1-6H3,(H,32,37)/t24-,27-,31?/m0/s1. The van der Waals surface area contributed by atoms with Gasteiger partial charge < -0.3 is 19.6 Å². The van der Waals surface area contributed by atoms with Gasteiger partial charge in [-0.2, -0.15) is 0 Å². The maximum Gasteiger partial charge on any atom is 0.328 e. The van der Waals surface area contributed by atoms with Gasteiger partial charge in [-0.25, -0.2) is 17.9 Å². The second-order valence-electron chi connectivity index (χ2n) is 11.9. The van der Waals surface area contributed by atoms with Crippen molar-refractivity contribution in [1.29, 1.82) is 0 Å². The van der Waals surface area contributed by atoms with Crippen LogP contribution >= 0.6 is 0 Å². The first-order chi connectivity index (χ1) is 20.1. The van der Waals surface area contributed by atoms with Crippen molar-refractivity contribution in [1.82, 2.24) is 10.0 Å². The highest BCUT2D eigenvalue weighted by atomic mass is 32.2. The molecule has 0 radical (unpaired) electrons. The molecular weight excluding hydrogens is 574 g/mol. The normalized spacial score (nSPS) is 18.3. The van der Waals surface area contributed by atoms with E-state index in [-0.39, 0.29) is 24.5 Å². The molecule has 1 aliphatic rings. The minimum absolute atomic E-state index is 0.0641. The number of carbonyl (C=O) groups excluding carboxylic acids is 3. The zero-order valence-electron chi connectivity index (χ0n) is 25.5. The van der Waals surface area contributed by atoms with Crippen molar-refractivity contribution < 1.29 is 37.1 Å². The van der Waals surface area contributed by atoms with E-state index in [0.29, 0.717) is 11.3 Å². The maximum absolute atomic E-state index is 13.9. The molecule has 3 rings (SSSR count). The lowest BCUT2D eigenvalue weighted by molar-refractivity contribution is -0.160. The van der Waals surface area contributed by atoms with Crippen molar-refractivity contribution >= 4 is 33.6 Å². The molecular formula is C31H41N3O8S. The van der Waals surface area contributed by atoms with Crippen LogP contribution in [0.2, 0.25) is 0 Å². The highest BCUT2D eigenvalue weighted by molar-refractivity contribution is 7.88. The Bertz CT molecular complexity index is 1410. The highest BCUT2D eigenvalue weighted by Gasteiger charge is 2.50. The Labute approximate surface area is 253 Å². The number of nitrogens with zero attached hydrogens (tertiary/aromatic N) is 1. The molecule has 3 atom stereocenters. The minimum atomic E-state index is -3.79. The summed E-state index contributed by atoms with van der Waals surface area (Å²) >= 11 is 0. The lowest BCUT2D eigenvalue weighted by Gasteiger charge is -2.29. The number of carbonyl (C=O) groups is 3. The fraction of sp³-hybridized carbons (Fsp3) is 0.484. The van der Waals surface area contributed by atoms with Crippen LogP contribution in [0.15, 0.2) is 65.8 Å². The molecule has 2 aromatic carbocycles. The quantitative estimate of drug-likeness (QED) is 0.326. The molecule has 1 unspecified atom stereocenters. The first-order valence-electron chi connectivity index (χ1n) is 14.1. The van der Waals surface area contributed by atoms with Gasteiger partial charge in [0.2, 0.25) is 15.6 Å². The van der Waals surface area contributed by atoms with Crippen molar-refractivity contribution in [3.8, 4) is 0 Å². The summed E-state index contributed by atoms with van der Waals surface area (Å²) < 4.78 is 39.2. The summed E-state index contributed by atoms with van der Waals surface area (Å²) in [4.78, 5) is 44.9. The smallest absolute Gasteiger partial charge is 0.328 e. The molecule has 0 aliphatic carbocycles. The number of rotatable bonds is 13. The fourth-order valence-corrected chi connectivity index (χ4v) is 6.19. The van der Waals surface area contributed by atoms with Crippen LogP contribution in [-0.2, 0) is 50.9 Å². The van der Waals surface area contributed by atoms with Gasteiger partial charge in [-0.05, 0) is 37.8 Å². The van der Waals surface area contributed by atoms with Crippen LogP contribution in [0.25, 0.3) is 0 Å². The van der Waals surface area contributed by atoms with Crippen LogP contribution in [0.5, 0.6) is 0 Å². The Hall–Kier alpha value is -3.77. The van der Waals surface area contributed by atoms with E-state index in [9.17, 15) is 22.8 Å². The predicted octanol–water partition coefficient (Wildman–Crippen LogP) is 3.28. The number of hydrogen-bond donors (Lipinski definition) is 2. The number of amides is 1. The molecule has 11 nitrogen and oxygen atoms in total. The number of hydrogen-bond acceptors (Lipinski definition) is 9. The van der Waals surface area contributed by atoms with Crippen molar-refractivity contribution in [2.24, 2.45) is 11.1 Å². The van der Waals surface area contributed by atoms with Gasteiger partial charge in [-0.15, -0.1) is 0 Å². The molecule has 1 amide bonds. The van der Waals surface area contributed by atoms with E-state index in [1.165, 1.54) is 0 Å². The number of esters is 2. The molecule has 0 aromatic heterocycles. The third-order valence-electron chi connectivity index (χ3n) is 6.66. The Morgan fingerprint density at radius 1 is 1.00 bits per heavy atom. The van der Waals surface area contributed by atoms with Crippen LogP contribution in [0, 0.1) is 5.92 Å². The number of sulfonamides is 1. The first-order valence-corrected chi connectivity index (χ1v) is 15.7. The molecule has 12 heteroatoms. The first kappa shape index (κ1) is 33.7. The zero-order chi connectivity index (χ0) is 31.8. The van der Waals surface area contributed by atoms with E-state index >= 15 is 0 Å². The molecule has 1 aliphatic heterocycles. The predicted molar refractivity (Wildman–Crippen MR) is 161 cm³/mol. The highest BCUT2D eigenvalue weighted by Crippen LogP contribution is 2.32. The molecule has 0 spiro atoms. The summed E-state index contributed by atoms with van der Waals surface area (Å²) in [5.74, 6) is -2.70. The monoisotopic (exact) mass is 615 g/mol. The largest absolute Gasteiger partial charge is 0.467 e. The lowest BCUT2D eigenvalue weighted by Crippen LogP contribution is -2.55. The van der Waals surface area contributed by atoms with E-state index in [4.69, 9.17) is 14.3 Å². The second-order valence-corrected chi connectivity index (χ2v) is 13.7. The Morgan fingerprint density at radius 2 is 1.58 bits per heavy atom. The van der Waals surface area contributed by atoms with Crippen LogP contribution in [0.3, 0.4) is 0 Å². The van der Waals surface area contributed by atoms with Crippen molar-refractivity contribution in [2.45, 2.75) is 82.9 Å². The number of oxime groups is 1. The van der Waals surface area contributed by atoms with Gasteiger partial charge in [0.05, 0.1) is 31.0 Å². The number of methoxy groups -OCH3 is 1. The average molecular weight is 616 g/mol. The Balaban J connectivity index is 1.87. The Morgan fingerprint density at radius 3 is 2.12 bits per heavy atom. The Kier molecular flexibility index (Phi) is 11.1. The van der Waals surface area contributed by atoms with Crippen molar-refractivity contribution in [3.05, 3.63) is 71.8 Å². The molecule has 234 valence electrons. The summed E-state index contributed by atoms with van der Waals surface area (Å²) in [5.41, 5.74) is -0.720. The van der Waals surface area contributed by atoms with Crippen LogP contribution < -0.4 is 10.0 Å². The summed E-state index contributed by atoms with van der Waals surface area (Å²) in [6.45, 7) is 8.75. The number of nitrogens with one attached hydrogen (secondary N) is 2. The van der Waals surface area contributed by atoms with Crippen LogP contribution in [0.1, 0.15) is 58.6 Å². The van der Waals surface area contributed by atoms with Crippen molar-refractivity contribution in [3.63, 3.8) is 0 Å². The number of ether oxygens (including phenoxy) is 2. The van der Waals surface area contributed by atoms with E-state index in [1.54, 1.807) is 51.1 Å².